The summed E-state index contributed by atoms with van der Waals surface area (Å²) in [5.41, 5.74) is 1.79. The monoisotopic (exact) mass is 387 g/mol. The normalized spacial score (nSPS) is 32.9. The molecule has 2 saturated carbocycles. The number of nitrogens with zero attached hydrogens (tertiary/aromatic N) is 2. The number of aliphatic hydroxyl groups excluding tert-OH is 1. The number of aliphatic imine (C=N–C) groups is 2. The molecule has 2 fully saturated rings. The van der Waals surface area contributed by atoms with Crippen LogP contribution < -0.4 is 5.32 Å². The highest BCUT2D eigenvalue weighted by molar-refractivity contribution is 8.00. The number of fused-ring (bicyclic) bond motifs is 1. The average molecular weight is 388 g/mol. The van der Waals surface area contributed by atoms with E-state index in [1.807, 2.05) is 30.0 Å². The molecule has 0 spiro atoms. The zero-order valence-electron chi connectivity index (χ0n) is 15.8. The smallest absolute Gasteiger partial charge is 0.238 e. The summed E-state index contributed by atoms with van der Waals surface area (Å²) in [6.07, 6.45) is 15.3. The lowest BCUT2D eigenvalue weighted by molar-refractivity contribution is -0.121. The number of nitrogens with one attached hydrogen (secondary N) is 1. The van der Waals surface area contributed by atoms with Gasteiger partial charge < -0.3 is 10.4 Å². The fourth-order valence-electron chi connectivity index (χ4n) is 4.38. The van der Waals surface area contributed by atoms with Gasteiger partial charge in [0.2, 0.25) is 5.91 Å². The van der Waals surface area contributed by atoms with Crippen molar-refractivity contribution < 1.29 is 9.90 Å². The molecule has 146 valence electrons. The Morgan fingerprint density at radius 1 is 1.19 bits per heavy atom. The standard InChI is InChI=1S/C21H29N3O2S/c25-12-14-5-8-17(9-6-14)27-13-20-23-19-11-16(22-15-3-1-2-4-15)7-10-18(19)21(26)24-20/h7,10-11,14-15,17-18,25H,1-6,8-9,12-13H2,(H,23,24,26). The van der Waals surface area contributed by atoms with Gasteiger partial charge in [-0.25, -0.2) is 4.99 Å². The first-order valence-electron chi connectivity index (χ1n) is 10.3. The molecule has 1 atom stereocenters. The van der Waals surface area contributed by atoms with Crippen LogP contribution in [0.25, 0.3) is 0 Å². The van der Waals surface area contributed by atoms with Crippen LogP contribution in [0.1, 0.15) is 51.4 Å². The molecule has 0 radical (unpaired) electrons. The van der Waals surface area contributed by atoms with Crippen LogP contribution in [0.3, 0.4) is 0 Å². The van der Waals surface area contributed by atoms with Crippen LogP contribution in [0.2, 0.25) is 0 Å². The highest BCUT2D eigenvalue weighted by Gasteiger charge is 2.30. The van der Waals surface area contributed by atoms with E-state index in [4.69, 9.17) is 9.98 Å². The lowest BCUT2D eigenvalue weighted by Crippen LogP contribution is -2.42. The Bertz CT molecular complexity index is 684. The predicted molar refractivity (Wildman–Crippen MR) is 111 cm³/mol. The third kappa shape index (κ3) is 4.72. The molecule has 2 N–H and O–H groups in total. The van der Waals surface area contributed by atoms with Crippen LogP contribution in [0, 0.1) is 11.8 Å². The molecule has 0 aromatic heterocycles. The van der Waals surface area contributed by atoms with Crippen molar-refractivity contribution in [2.45, 2.75) is 62.7 Å². The van der Waals surface area contributed by atoms with Gasteiger partial charge in [0.1, 0.15) is 5.84 Å². The second kappa shape index (κ2) is 8.74. The van der Waals surface area contributed by atoms with Crippen molar-refractivity contribution in [2.75, 3.05) is 12.4 Å². The van der Waals surface area contributed by atoms with Gasteiger partial charge in [-0.05, 0) is 56.6 Å². The van der Waals surface area contributed by atoms with Gasteiger partial charge >= 0.3 is 0 Å². The minimum Gasteiger partial charge on any atom is -0.396 e. The second-order valence-electron chi connectivity index (χ2n) is 8.08. The number of amides is 1. The van der Waals surface area contributed by atoms with Gasteiger partial charge in [0, 0.05) is 11.9 Å². The maximum atomic E-state index is 12.5. The van der Waals surface area contributed by atoms with Crippen molar-refractivity contribution in [1.82, 2.24) is 5.32 Å². The minimum absolute atomic E-state index is 0.0204. The molecular formula is C21H29N3O2S. The van der Waals surface area contributed by atoms with Crippen molar-refractivity contribution >= 4 is 29.2 Å². The van der Waals surface area contributed by atoms with E-state index >= 15 is 0 Å². The van der Waals surface area contributed by atoms with Crippen molar-refractivity contribution in [3.63, 3.8) is 0 Å². The van der Waals surface area contributed by atoms with Crippen LogP contribution in [0.15, 0.2) is 33.9 Å². The fraction of sp³-hybridized carbons (Fsp3) is 0.667. The highest BCUT2D eigenvalue weighted by Crippen LogP contribution is 2.32. The fourth-order valence-corrected chi connectivity index (χ4v) is 5.52. The van der Waals surface area contributed by atoms with E-state index in [0.717, 1.165) is 48.7 Å². The van der Waals surface area contributed by atoms with Gasteiger partial charge in [-0.2, -0.15) is 11.8 Å². The molecule has 0 bridgehead atoms. The third-order valence-electron chi connectivity index (χ3n) is 6.05. The number of carbonyl (C=O) groups excluding carboxylic acids is 1. The molecular weight excluding hydrogens is 358 g/mol. The quantitative estimate of drug-likeness (QED) is 0.760. The summed E-state index contributed by atoms with van der Waals surface area (Å²) in [7, 11) is 0. The van der Waals surface area contributed by atoms with Gasteiger partial charge in [-0.15, -0.1) is 0 Å². The first kappa shape index (κ1) is 18.9. The summed E-state index contributed by atoms with van der Waals surface area (Å²) in [5.74, 6) is 1.73. The average Bonchev–Trinajstić information content (AvgIpc) is 3.19. The first-order valence-corrected chi connectivity index (χ1v) is 11.3. The highest BCUT2D eigenvalue weighted by atomic mass is 32.2. The maximum absolute atomic E-state index is 12.5. The molecule has 6 heteroatoms. The third-order valence-corrected chi connectivity index (χ3v) is 7.43. The van der Waals surface area contributed by atoms with Crippen LogP contribution in [0.5, 0.6) is 0 Å². The Morgan fingerprint density at radius 3 is 2.70 bits per heavy atom. The molecule has 5 nitrogen and oxygen atoms in total. The van der Waals surface area contributed by atoms with Gasteiger partial charge in [-0.1, -0.05) is 18.9 Å². The lowest BCUT2D eigenvalue weighted by Gasteiger charge is -2.28. The molecule has 1 aliphatic heterocycles. The summed E-state index contributed by atoms with van der Waals surface area (Å²) >= 11 is 1.88. The first-order chi connectivity index (χ1) is 13.2. The molecule has 3 aliphatic carbocycles. The summed E-state index contributed by atoms with van der Waals surface area (Å²) in [6.45, 7) is 0.313. The Hall–Kier alpha value is -1.40. The number of carbonyl (C=O) groups is 1. The molecule has 1 unspecified atom stereocenters. The van der Waals surface area contributed by atoms with E-state index in [2.05, 4.69) is 5.32 Å². The minimum atomic E-state index is -0.277. The number of rotatable bonds is 5. The number of thioether (sulfide) groups is 1. The maximum Gasteiger partial charge on any atom is 0.238 e. The molecule has 1 heterocycles. The van der Waals surface area contributed by atoms with Crippen LogP contribution >= 0.6 is 11.8 Å². The van der Waals surface area contributed by atoms with E-state index < -0.39 is 0 Å². The molecule has 0 aromatic carbocycles. The Labute approximate surface area is 165 Å². The van der Waals surface area contributed by atoms with Crippen molar-refractivity contribution in [1.29, 1.82) is 0 Å². The van der Waals surface area contributed by atoms with Crippen LogP contribution in [-0.2, 0) is 4.79 Å². The van der Waals surface area contributed by atoms with Gasteiger partial charge in [0.15, 0.2) is 0 Å². The number of allylic oxidation sites excluding steroid dienone is 2. The van der Waals surface area contributed by atoms with Crippen molar-refractivity contribution in [3.8, 4) is 0 Å². The SMILES string of the molecule is O=C1NC(CSC2CCC(CO)CC2)=NC2=CC(=NC3CCCC3)C=CC12. The zero-order valence-corrected chi connectivity index (χ0v) is 16.6. The van der Waals surface area contributed by atoms with Crippen LogP contribution in [0.4, 0.5) is 0 Å². The number of amidine groups is 1. The summed E-state index contributed by atoms with van der Waals surface area (Å²) in [6, 6.07) is 0.434. The van der Waals surface area contributed by atoms with E-state index in [-0.39, 0.29) is 11.8 Å². The summed E-state index contributed by atoms with van der Waals surface area (Å²) in [4.78, 5) is 22.0. The van der Waals surface area contributed by atoms with Gasteiger partial charge in [-0.3, -0.25) is 9.79 Å². The van der Waals surface area contributed by atoms with Gasteiger partial charge in [0.25, 0.3) is 0 Å². The summed E-state index contributed by atoms with van der Waals surface area (Å²) < 4.78 is 0. The van der Waals surface area contributed by atoms with Crippen molar-refractivity contribution in [2.24, 2.45) is 21.8 Å². The second-order valence-corrected chi connectivity index (χ2v) is 9.37. The Kier molecular flexibility index (Phi) is 6.13. The largest absolute Gasteiger partial charge is 0.396 e. The molecule has 1 amide bonds. The lowest BCUT2D eigenvalue weighted by atomic mass is 9.90. The van der Waals surface area contributed by atoms with Crippen molar-refractivity contribution in [3.05, 3.63) is 23.9 Å². The van der Waals surface area contributed by atoms with E-state index in [0.29, 0.717) is 23.8 Å². The van der Waals surface area contributed by atoms with E-state index in [1.165, 1.54) is 25.7 Å². The number of hydrogen-bond donors (Lipinski definition) is 2. The molecule has 4 rings (SSSR count). The summed E-state index contributed by atoms with van der Waals surface area (Å²) in [5, 5.41) is 12.8. The van der Waals surface area contributed by atoms with E-state index in [1.54, 1.807) is 0 Å². The topological polar surface area (TPSA) is 74.0 Å². The zero-order chi connectivity index (χ0) is 18.6. The van der Waals surface area contributed by atoms with Gasteiger partial charge in [0.05, 0.1) is 29.1 Å². The molecule has 27 heavy (non-hydrogen) atoms. The Morgan fingerprint density at radius 2 is 1.96 bits per heavy atom. The molecule has 4 aliphatic rings. The number of aliphatic hydroxyl groups is 1. The number of hydrogen-bond acceptors (Lipinski definition) is 5. The van der Waals surface area contributed by atoms with Crippen LogP contribution in [-0.4, -0.2) is 46.2 Å². The Balaban J connectivity index is 1.39. The predicted octanol–water partition coefficient (Wildman–Crippen LogP) is 3.25. The van der Waals surface area contributed by atoms with E-state index in [9.17, 15) is 9.90 Å². The molecule has 0 aromatic rings. The molecule has 0 saturated heterocycles.